The molecule has 156 valence electrons. The molecule has 3 aromatic rings. The van der Waals surface area contributed by atoms with Gasteiger partial charge in [0.25, 0.3) is 5.91 Å². The fourth-order valence-corrected chi connectivity index (χ4v) is 4.38. The van der Waals surface area contributed by atoms with Crippen LogP contribution in [0.3, 0.4) is 0 Å². The van der Waals surface area contributed by atoms with Gasteiger partial charge in [0.2, 0.25) is 0 Å². The lowest BCUT2D eigenvalue weighted by Gasteiger charge is -2.34. The van der Waals surface area contributed by atoms with Crippen LogP contribution in [0.4, 0.5) is 0 Å². The number of methoxy groups -OCH3 is 2. The lowest BCUT2D eigenvalue weighted by molar-refractivity contribution is 0.0627. The Morgan fingerprint density at radius 1 is 1.00 bits per heavy atom. The molecule has 6 nitrogen and oxygen atoms in total. The van der Waals surface area contributed by atoms with Crippen molar-refractivity contribution in [1.82, 2.24) is 14.8 Å². The van der Waals surface area contributed by atoms with Crippen molar-refractivity contribution in [3.05, 3.63) is 64.5 Å². The number of piperazine rings is 1. The molecular weight excluding hydrogens is 398 g/mol. The number of aromatic nitrogens is 1. The first kappa shape index (κ1) is 20.4. The van der Waals surface area contributed by atoms with Crippen molar-refractivity contribution in [3.63, 3.8) is 0 Å². The number of carbonyl (C=O) groups is 1. The lowest BCUT2D eigenvalue weighted by Crippen LogP contribution is -2.48. The van der Waals surface area contributed by atoms with Gasteiger partial charge >= 0.3 is 0 Å². The highest BCUT2D eigenvalue weighted by atomic mass is 32.1. The summed E-state index contributed by atoms with van der Waals surface area (Å²) in [5.41, 5.74) is 2.76. The quantitative estimate of drug-likeness (QED) is 0.604. The second kappa shape index (κ2) is 9.28. The van der Waals surface area contributed by atoms with Gasteiger partial charge < -0.3 is 14.4 Å². The predicted molar refractivity (Wildman–Crippen MR) is 118 cm³/mol. The Morgan fingerprint density at radius 3 is 2.30 bits per heavy atom. The Bertz CT molecular complexity index is 976. The van der Waals surface area contributed by atoms with Gasteiger partial charge in [0.05, 0.1) is 26.5 Å². The number of thiazole rings is 1. The summed E-state index contributed by atoms with van der Waals surface area (Å²) in [5.74, 6) is 1.25. The Balaban J connectivity index is 1.35. The average molecular weight is 424 g/mol. The SMILES string of the molecule is COc1cc(OC)cc(C(=O)N2CCN(Cc3nc(-c4ccccc4)cs3)CC2)c1. The zero-order valence-electron chi connectivity index (χ0n) is 17.2. The first-order valence-corrected chi connectivity index (χ1v) is 10.8. The summed E-state index contributed by atoms with van der Waals surface area (Å²) in [4.78, 5) is 22.0. The van der Waals surface area contributed by atoms with E-state index in [1.807, 2.05) is 23.1 Å². The second-order valence-corrected chi connectivity index (χ2v) is 8.10. The van der Waals surface area contributed by atoms with Crippen molar-refractivity contribution in [2.24, 2.45) is 0 Å². The summed E-state index contributed by atoms with van der Waals surface area (Å²) in [6, 6.07) is 15.5. The van der Waals surface area contributed by atoms with Crippen LogP contribution >= 0.6 is 11.3 Å². The fourth-order valence-electron chi connectivity index (χ4n) is 3.54. The first-order chi connectivity index (χ1) is 14.7. The molecular formula is C23H25N3O3S. The maximum atomic E-state index is 12.9. The van der Waals surface area contributed by atoms with Gasteiger partial charge in [-0.15, -0.1) is 11.3 Å². The van der Waals surface area contributed by atoms with Crippen LogP contribution in [-0.2, 0) is 6.54 Å². The number of benzene rings is 2. The third kappa shape index (κ3) is 4.63. The van der Waals surface area contributed by atoms with E-state index >= 15 is 0 Å². The van der Waals surface area contributed by atoms with Gasteiger partial charge in [-0.1, -0.05) is 30.3 Å². The summed E-state index contributed by atoms with van der Waals surface area (Å²) in [7, 11) is 3.17. The summed E-state index contributed by atoms with van der Waals surface area (Å²) >= 11 is 1.69. The minimum Gasteiger partial charge on any atom is -0.497 e. The highest BCUT2D eigenvalue weighted by molar-refractivity contribution is 7.09. The van der Waals surface area contributed by atoms with Crippen molar-refractivity contribution in [2.75, 3.05) is 40.4 Å². The van der Waals surface area contributed by atoms with E-state index in [0.29, 0.717) is 30.2 Å². The monoisotopic (exact) mass is 423 g/mol. The van der Waals surface area contributed by atoms with E-state index in [2.05, 4.69) is 22.4 Å². The third-order valence-electron chi connectivity index (χ3n) is 5.24. The Hall–Kier alpha value is -2.90. The van der Waals surface area contributed by atoms with E-state index in [9.17, 15) is 4.79 Å². The van der Waals surface area contributed by atoms with Crippen LogP contribution in [0.25, 0.3) is 11.3 Å². The highest BCUT2D eigenvalue weighted by Crippen LogP contribution is 2.25. The molecule has 1 aliphatic heterocycles. The largest absolute Gasteiger partial charge is 0.497 e. The van der Waals surface area contributed by atoms with Crippen molar-refractivity contribution in [2.45, 2.75) is 6.54 Å². The molecule has 1 aromatic heterocycles. The number of hydrogen-bond acceptors (Lipinski definition) is 6. The summed E-state index contributed by atoms with van der Waals surface area (Å²) in [6.07, 6.45) is 0. The van der Waals surface area contributed by atoms with Crippen LogP contribution < -0.4 is 9.47 Å². The molecule has 0 saturated carbocycles. The van der Waals surface area contributed by atoms with E-state index < -0.39 is 0 Å². The number of ether oxygens (including phenoxy) is 2. The Morgan fingerprint density at radius 2 is 1.67 bits per heavy atom. The van der Waals surface area contributed by atoms with E-state index in [-0.39, 0.29) is 5.91 Å². The van der Waals surface area contributed by atoms with Crippen LogP contribution in [0, 0.1) is 0 Å². The molecule has 0 bridgehead atoms. The van der Waals surface area contributed by atoms with Gasteiger partial charge in [0.1, 0.15) is 16.5 Å². The van der Waals surface area contributed by atoms with Gasteiger partial charge in [-0.2, -0.15) is 0 Å². The molecule has 0 radical (unpaired) electrons. The van der Waals surface area contributed by atoms with Gasteiger partial charge in [-0.05, 0) is 12.1 Å². The molecule has 0 N–H and O–H groups in total. The minimum atomic E-state index is 0.00691. The molecule has 2 heterocycles. The third-order valence-corrected chi connectivity index (χ3v) is 6.07. The van der Waals surface area contributed by atoms with Gasteiger partial charge in [-0.3, -0.25) is 9.69 Å². The van der Waals surface area contributed by atoms with Crippen LogP contribution in [0.5, 0.6) is 11.5 Å². The smallest absolute Gasteiger partial charge is 0.254 e. The Kier molecular flexibility index (Phi) is 6.30. The molecule has 1 fully saturated rings. The van der Waals surface area contributed by atoms with E-state index in [1.165, 1.54) is 0 Å². The van der Waals surface area contributed by atoms with E-state index in [1.54, 1.807) is 43.8 Å². The van der Waals surface area contributed by atoms with Crippen molar-refractivity contribution >= 4 is 17.2 Å². The van der Waals surface area contributed by atoms with Crippen molar-refractivity contribution < 1.29 is 14.3 Å². The molecule has 1 amide bonds. The van der Waals surface area contributed by atoms with E-state index in [4.69, 9.17) is 14.5 Å². The molecule has 0 spiro atoms. The van der Waals surface area contributed by atoms with Crippen molar-refractivity contribution in [3.8, 4) is 22.8 Å². The molecule has 1 aliphatic rings. The number of hydrogen-bond donors (Lipinski definition) is 0. The van der Waals surface area contributed by atoms with Gasteiger partial charge in [0, 0.05) is 48.8 Å². The van der Waals surface area contributed by atoms with Gasteiger partial charge in [0.15, 0.2) is 0 Å². The number of carbonyl (C=O) groups excluding carboxylic acids is 1. The summed E-state index contributed by atoms with van der Waals surface area (Å²) in [5, 5.41) is 3.21. The topological polar surface area (TPSA) is 54.9 Å². The van der Waals surface area contributed by atoms with Crippen LogP contribution in [0.2, 0.25) is 0 Å². The summed E-state index contributed by atoms with van der Waals surface area (Å²) < 4.78 is 10.6. The van der Waals surface area contributed by atoms with Crippen LogP contribution in [0.1, 0.15) is 15.4 Å². The lowest BCUT2D eigenvalue weighted by atomic mass is 10.1. The van der Waals surface area contributed by atoms with Crippen LogP contribution in [0.15, 0.2) is 53.9 Å². The highest BCUT2D eigenvalue weighted by Gasteiger charge is 2.23. The molecule has 1 saturated heterocycles. The van der Waals surface area contributed by atoms with Crippen LogP contribution in [-0.4, -0.2) is 61.1 Å². The molecule has 0 atom stereocenters. The normalized spacial score (nSPS) is 14.5. The summed E-state index contributed by atoms with van der Waals surface area (Å²) in [6.45, 7) is 3.84. The van der Waals surface area contributed by atoms with E-state index in [0.717, 1.165) is 35.9 Å². The molecule has 2 aromatic carbocycles. The zero-order chi connectivity index (χ0) is 20.9. The molecule has 0 aliphatic carbocycles. The standard InChI is InChI=1S/C23H25N3O3S/c1-28-19-12-18(13-20(14-19)29-2)23(27)26-10-8-25(9-11-26)15-22-24-21(16-30-22)17-6-4-3-5-7-17/h3-7,12-14,16H,8-11,15H2,1-2H3. The zero-order valence-corrected chi connectivity index (χ0v) is 18.0. The molecule has 4 rings (SSSR count). The first-order valence-electron chi connectivity index (χ1n) is 9.91. The average Bonchev–Trinajstić information content (AvgIpc) is 3.27. The minimum absolute atomic E-state index is 0.00691. The van der Waals surface area contributed by atoms with Gasteiger partial charge in [-0.25, -0.2) is 4.98 Å². The number of nitrogens with zero attached hydrogens (tertiary/aromatic N) is 3. The second-order valence-electron chi connectivity index (χ2n) is 7.16. The molecule has 7 heteroatoms. The number of amides is 1. The molecule has 30 heavy (non-hydrogen) atoms. The van der Waals surface area contributed by atoms with Crippen molar-refractivity contribution in [1.29, 1.82) is 0 Å². The molecule has 0 unspecified atom stereocenters. The maximum Gasteiger partial charge on any atom is 0.254 e. The Labute approximate surface area is 180 Å². The fraction of sp³-hybridized carbons (Fsp3) is 0.304. The number of rotatable bonds is 6. The maximum absolute atomic E-state index is 12.9. The predicted octanol–water partition coefficient (Wildman–Crippen LogP) is 3.79.